The Bertz CT molecular complexity index is 347. The van der Waals surface area contributed by atoms with E-state index in [-0.39, 0.29) is 0 Å². The zero-order valence-electron chi connectivity index (χ0n) is 11.3. The molecule has 0 amide bonds. The van der Waals surface area contributed by atoms with Crippen molar-refractivity contribution in [2.24, 2.45) is 0 Å². The number of benzene rings is 1. The fraction of sp³-hybridized carbons (Fsp3) is 0.600. The van der Waals surface area contributed by atoms with E-state index < -0.39 is 0 Å². The lowest BCUT2D eigenvalue weighted by Crippen LogP contribution is -2.19. The highest BCUT2D eigenvalue weighted by molar-refractivity contribution is 5.36. The van der Waals surface area contributed by atoms with Crippen LogP contribution in [0.5, 0.6) is 0 Å². The zero-order chi connectivity index (χ0) is 12.7. The summed E-state index contributed by atoms with van der Waals surface area (Å²) in [5.74, 6) is 0. The predicted molar refractivity (Wildman–Crippen MR) is 73.5 cm³/mol. The maximum Gasteiger partial charge on any atom is 0.0431 e. The van der Waals surface area contributed by atoms with Crippen LogP contribution in [0.4, 0.5) is 0 Å². The standard InChI is InChI=1S/C15H25NO/c1-12-10-14(3)15(11-13(12)2)6-8-16-7-4-5-9-17/h10-11,16-17H,4-9H2,1-3H3. The molecule has 0 saturated heterocycles. The molecule has 0 bridgehead atoms. The largest absolute Gasteiger partial charge is 0.396 e. The normalized spacial score (nSPS) is 10.8. The molecule has 0 radical (unpaired) electrons. The van der Waals surface area contributed by atoms with Gasteiger partial charge >= 0.3 is 0 Å². The molecular formula is C15H25NO. The number of nitrogens with one attached hydrogen (secondary N) is 1. The smallest absolute Gasteiger partial charge is 0.0431 e. The van der Waals surface area contributed by atoms with E-state index in [1.807, 2.05) is 0 Å². The highest BCUT2D eigenvalue weighted by Gasteiger charge is 2.01. The first-order chi connectivity index (χ1) is 8.15. The molecule has 0 spiro atoms. The van der Waals surface area contributed by atoms with Gasteiger partial charge in [0, 0.05) is 6.61 Å². The Morgan fingerprint density at radius 3 is 2.35 bits per heavy atom. The molecule has 0 atom stereocenters. The Morgan fingerprint density at radius 2 is 1.65 bits per heavy atom. The monoisotopic (exact) mass is 235 g/mol. The minimum absolute atomic E-state index is 0.304. The predicted octanol–water partition coefficient (Wildman–Crippen LogP) is 2.52. The van der Waals surface area contributed by atoms with Gasteiger partial charge in [-0.3, -0.25) is 0 Å². The topological polar surface area (TPSA) is 32.3 Å². The van der Waals surface area contributed by atoms with Crippen molar-refractivity contribution < 1.29 is 5.11 Å². The Kier molecular flexibility index (Phi) is 6.23. The van der Waals surface area contributed by atoms with Crippen molar-refractivity contribution in [1.82, 2.24) is 5.32 Å². The van der Waals surface area contributed by atoms with Crippen LogP contribution in [0, 0.1) is 20.8 Å². The summed E-state index contributed by atoms with van der Waals surface area (Å²) in [7, 11) is 0. The summed E-state index contributed by atoms with van der Waals surface area (Å²) in [6.07, 6.45) is 3.05. The molecule has 0 aliphatic rings. The quantitative estimate of drug-likeness (QED) is 0.712. The average Bonchev–Trinajstić information content (AvgIpc) is 2.30. The molecule has 2 nitrogen and oxygen atoms in total. The van der Waals surface area contributed by atoms with E-state index in [0.717, 1.165) is 32.4 Å². The number of aryl methyl sites for hydroxylation is 3. The maximum atomic E-state index is 8.67. The summed E-state index contributed by atoms with van der Waals surface area (Å²) in [5, 5.41) is 12.1. The van der Waals surface area contributed by atoms with E-state index in [1.54, 1.807) is 0 Å². The van der Waals surface area contributed by atoms with Crippen LogP contribution in [0.2, 0.25) is 0 Å². The summed E-state index contributed by atoms with van der Waals surface area (Å²) in [4.78, 5) is 0. The third-order valence-corrected chi connectivity index (χ3v) is 3.29. The van der Waals surface area contributed by atoms with Gasteiger partial charge in [-0.15, -0.1) is 0 Å². The van der Waals surface area contributed by atoms with Crippen molar-refractivity contribution in [1.29, 1.82) is 0 Å². The molecule has 2 N–H and O–H groups in total. The molecule has 0 heterocycles. The van der Waals surface area contributed by atoms with Gasteiger partial charge in [0.1, 0.15) is 0 Å². The van der Waals surface area contributed by atoms with Crippen molar-refractivity contribution in [3.8, 4) is 0 Å². The maximum absolute atomic E-state index is 8.67. The molecule has 0 aliphatic carbocycles. The Morgan fingerprint density at radius 1 is 0.941 bits per heavy atom. The van der Waals surface area contributed by atoms with Crippen LogP contribution >= 0.6 is 0 Å². The van der Waals surface area contributed by atoms with Gasteiger partial charge in [-0.1, -0.05) is 12.1 Å². The number of aliphatic hydroxyl groups is 1. The van der Waals surface area contributed by atoms with Gasteiger partial charge in [0.25, 0.3) is 0 Å². The fourth-order valence-electron chi connectivity index (χ4n) is 2.00. The molecule has 17 heavy (non-hydrogen) atoms. The molecule has 1 aromatic carbocycles. The van der Waals surface area contributed by atoms with Gasteiger partial charge in [-0.05, 0) is 75.4 Å². The van der Waals surface area contributed by atoms with Crippen LogP contribution in [0.15, 0.2) is 12.1 Å². The van der Waals surface area contributed by atoms with E-state index >= 15 is 0 Å². The summed E-state index contributed by atoms with van der Waals surface area (Å²) in [6.45, 7) is 8.86. The Hall–Kier alpha value is -0.860. The molecule has 96 valence electrons. The molecule has 0 fully saturated rings. The van der Waals surface area contributed by atoms with Crippen LogP contribution < -0.4 is 5.32 Å². The highest BCUT2D eigenvalue weighted by Crippen LogP contribution is 2.15. The van der Waals surface area contributed by atoms with Crippen LogP contribution in [0.3, 0.4) is 0 Å². The van der Waals surface area contributed by atoms with Gasteiger partial charge in [0.15, 0.2) is 0 Å². The van der Waals surface area contributed by atoms with Gasteiger partial charge in [0.05, 0.1) is 0 Å². The van der Waals surface area contributed by atoms with E-state index in [2.05, 4.69) is 38.2 Å². The lowest BCUT2D eigenvalue weighted by Gasteiger charge is -2.10. The van der Waals surface area contributed by atoms with E-state index in [9.17, 15) is 0 Å². The zero-order valence-corrected chi connectivity index (χ0v) is 11.3. The summed E-state index contributed by atoms with van der Waals surface area (Å²) < 4.78 is 0. The van der Waals surface area contributed by atoms with E-state index in [1.165, 1.54) is 22.3 Å². The van der Waals surface area contributed by atoms with Crippen LogP contribution in [-0.4, -0.2) is 24.8 Å². The third kappa shape index (κ3) is 4.88. The molecule has 0 unspecified atom stereocenters. The van der Waals surface area contributed by atoms with E-state index in [0.29, 0.717) is 6.61 Å². The molecule has 2 heteroatoms. The van der Waals surface area contributed by atoms with Gasteiger partial charge < -0.3 is 10.4 Å². The number of hydrogen-bond acceptors (Lipinski definition) is 2. The van der Waals surface area contributed by atoms with Crippen LogP contribution in [-0.2, 0) is 6.42 Å². The first-order valence-electron chi connectivity index (χ1n) is 6.53. The van der Waals surface area contributed by atoms with Gasteiger partial charge in [-0.2, -0.15) is 0 Å². The Labute approximate surface area is 105 Å². The summed E-state index contributed by atoms with van der Waals surface area (Å²) in [5.41, 5.74) is 5.60. The summed E-state index contributed by atoms with van der Waals surface area (Å²) >= 11 is 0. The van der Waals surface area contributed by atoms with Gasteiger partial charge in [0.2, 0.25) is 0 Å². The number of hydrogen-bond donors (Lipinski definition) is 2. The van der Waals surface area contributed by atoms with Crippen LogP contribution in [0.25, 0.3) is 0 Å². The van der Waals surface area contributed by atoms with Crippen LogP contribution in [0.1, 0.15) is 35.1 Å². The van der Waals surface area contributed by atoms with E-state index in [4.69, 9.17) is 5.11 Å². The first kappa shape index (κ1) is 14.2. The van der Waals surface area contributed by atoms with Gasteiger partial charge in [-0.25, -0.2) is 0 Å². The lowest BCUT2D eigenvalue weighted by atomic mass is 9.99. The summed E-state index contributed by atoms with van der Waals surface area (Å²) in [6, 6.07) is 4.58. The Balaban J connectivity index is 2.34. The number of aliphatic hydroxyl groups excluding tert-OH is 1. The van der Waals surface area contributed by atoms with Crippen molar-refractivity contribution in [2.45, 2.75) is 40.0 Å². The minimum Gasteiger partial charge on any atom is -0.396 e. The fourth-order valence-corrected chi connectivity index (χ4v) is 2.00. The first-order valence-corrected chi connectivity index (χ1v) is 6.53. The van der Waals surface area contributed by atoms with Crippen molar-refractivity contribution >= 4 is 0 Å². The molecule has 0 aliphatic heterocycles. The minimum atomic E-state index is 0.304. The van der Waals surface area contributed by atoms with Crippen molar-refractivity contribution in [2.75, 3.05) is 19.7 Å². The molecule has 0 aromatic heterocycles. The van der Waals surface area contributed by atoms with Crippen molar-refractivity contribution in [3.05, 3.63) is 34.4 Å². The SMILES string of the molecule is Cc1cc(C)c(CCNCCCCO)cc1C. The number of rotatable bonds is 7. The second-order valence-electron chi connectivity index (χ2n) is 4.79. The molecule has 1 rings (SSSR count). The lowest BCUT2D eigenvalue weighted by molar-refractivity contribution is 0.284. The second kappa shape index (κ2) is 7.46. The molecular weight excluding hydrogens is 210 g/mol. The third-order valence-electron chi connectivity index (χ3n) is 3.29. The molecule has 1 aromatic rings. The highest BCUT2D eigenvalue weighted by atomic mass is 16.2. The van der Waals surface area contributed by atoms with Crippen molar-refractivity contribution in [3.63, 3.8) is 0 Å². The average molecular weight is 235 g/mol. The molecule has 0 saturated carbocycles. The second-order valence-corrected chi connectivity index (χ2v) is 4.79. The number of unbranched alkanes of at least 4 members (excludes halogenated alkanes) is 1.